The SMILES string of the molecule is Nc1ccc(F)c(C2CNC(=O)C2)c1. The van der Waals surface area contributed by atoms with Crippen molar-refractivity contribution in [3.63, 3.8) is 0 Å². The van der Waals surface area contributed by atoms with Crippen molar-refractivity contribution in [1.29, 1.82) is 0 Å². The molecule has 1 saturated heterocycles. The number of halogens is 1. The third-order valence-corrected chi connectivity index (χ3v) is 2.44. The number of amides is 1. The van der Waals surface area contributed by atoms with Gasteiger partial charge in [0, 0.05) is 24.6 Å². The van der Waals surface area contributed by atoms with Crippen molar-refractivity contribution in [2.75, 3.05) is 12.3 Å². The fraction of sp³-hybridized carbons (Fsp3) is 0.300. The Morgan fingerprint density at radius 3 is 2.93 bits per heavy atom. The molecule has 1 aliphatic heterocycles. The van der Waals surface area contributed by atoms with Gasteiger partial charge in [-0.1, -0.05) is 0 Å². The van der Waals surface area contributed by atoms with Crippen LogP contribution < -0.4 is 11.1 Å². The summed E-state index contributed by atoms with van der Waals surface area (Å²) in [7, 11) is 0. The van der Waals surface area contributed by atoms with Gasteiger partial charge in [0.2, 0.25) is 5.91 Å². The van der Waals surface area contributed by atoms with Gasteiger partial charge in [0.25, 0.3) is 0 Å². The smallest absolute Gasteiger partial charge is 0.220 e. The van der Waals surface area contributed by atoms with E-state index in [0.29, 0.717) is 24.2 Å². The van der Waals surface area contributed by atoms with Gasteiger partial charge in [-0.15, -0.1) is 0 Å². The zero-order valence-electron chi connectivity index (χ0n) is 7.59. The van der Waals surface area contributed by atoms with E-state index in [4.69, 9.17) is 5.73 Å². The van der Waals surface area contributed by atoms with E-state index in [1.54, 1.807) is 6.07 Å². The van der Waals surface area contributed by atoms with Crippen LogP contribution in [0.5, 0.6) is 0 Å². The van der Waals surface area contributed by atoms with Gasteiger partial charge in [-0.3, -0.25) is 4.79 Å². The molecule has 0 bridgehead atoms. The van der Waals surface area contributed by atoms with Crippen molar-refractivity contribution >= 4 is 11.6 Å². The number of rotatable bonds is 1. The fourth-order valence-corrected chi connectivity index (χ4v) is 1.70. The van der Waals surface area contributed by atoms with Crippen LogP contribution in [0, 0.1) is 5.82 Å². The normalized spacial score (nSPS) is 20.9. The maximum atomic E-state index is 13.4. The second kappa shape index (κ2) is 3.29. The lowest BCUT2D eigenvalue weighted by Gasteiger charge is -2.09. The molecule has 3 N–H and O–H groups in total. The molecule has 1 heterocycles. The van der Waals surface area contributed by atoms with E-state index in [1.165, 1.54) is 12.1 Å². The van der Waals surface area contributed by atoms with Crippen LogP contribution >= 0.6 is 0 Å². The van der Waals surface area contributed by atoms with E-state index in [-0.39, 0.29) is 17.6 Å². The molecule has 1 fully saturated rings. The first-order valence-electron chi connectivity index (χ1n) is 4.48. The Morgan fingerprint density at radius 1 is 1.50 bits per heavy atom. The highest BCUT2D eigenvalue weighted by molar-refractivity contribution is 5.79. The molecule has 1 aromatic rings. The van der Waals surface area contributed by atoms with E-state index >= 15 is 0 Å². The minimum Gasteiger partial charge on any atom is -0.399 e. The molecular formula is C10H11FN2O. The summed E-state index contributed by atoms with van der Waals surface area (Å²) < 4.78 is 13.4. The van der Waals surface area contributed by atoms with Crippen molar-refractivity contribution in [2.24, 2.45) is 0 Å². The Labute approximate surface area is 81.1 Å². The van der Waals surface area contributed by atoms with Crippen LogP contribution in [0.1, 0.15) is 17.9 Å². The van der Waals surface area contributed by atoms with E-state index in [2.05, 4.69) is 5.32 Å². The molecule has 0 aliphatic carbocycles. The number of hydrogen-bond donors (Lipinski definition) is 2. The van der Waals surface area contributed by atoms with Crippen LogP contribution in [0.4, 0.5) is 10.1 Å². The first kappa shape index (κ1) is 8.99. The lowest BCUT2D eigenvalue weighted by atomic mass is 9.97. The summed E-state index contributed by atoms with van der Waals surface area (Å²) in [5, 5.41) is 2.67. The van der Waals surface area contributed by atoms with Crippen LogP contribution in [0.2, 0.25) is 0 Å². The number of carbonyl (C=O) groups excluding carboxylic acids is 1. The van der Waals surface area contributed by atoms with E-state index in [9.17, 15) is 9.18 Å². The van der Waals surface area contributed by atoms with Crippen molar-refractivity contribution in [1.82, 2.24) is 5.32 Å². The highest BCUT2D eigenvalue weighted by Gasteiger charge is 2.25. The Kier molecular flexibility index (Phi) is 2.11. The number of anilines is 1. The molecule has 0 aromatic heterocycles. The topological polar surface area (TPSA) is 55.1 Å². The molecule has 74 valence electrons. The molecule has 0 saturated carbocycles. The summed E-state index contributed by atoms with van der Waals surface area (Å²) in [4.78, 5) is 11.0. The van der Waals surface area contributed by atoms with Gasteiger partial charge in [0.1, 0.15) is 5.82 Å². The van der Waals surface area contributed by atoms with Crippen molar-refractivity contribution in [3.05, 3.63) is 29.6 Å². The third kappa shape index (κ3) is 1.55. The minimum atomic E-state index is -0.291. The predicted octanol–water partition coefficient (Wildman–Crippen LogP) is 1.01. The summed E-state index contributed by atoms with van der Waals surface area (Å²) in [5.74, 6) is -0.400. The van der Waals surface area contributed by atoms with Crippen molar-refractivity contribution in [2.45, 2.75) is 12.3 Å². The monoisotopic (exact) mass is 194 g/mol. The zero-order chi connectivity index (χ0) is 10.1. The standard InChI is InChI=1S/C10H11FN2O/c11-9-2-1-7(12)4-8(9)6-3-10(14)13-5-6/h1-2,4,6H,3,5,12H2,(H,13,14). The summed E-state index contributed by atoms with van der Waals surface area (Å²) in [6.07, 6.45) is 0.348. The highest BCUT2D eigenvalue weighted by Crippen LogP contribution is 2.26. The van der Waals surface area contributed by atoms with Gasteiger partial charge in [-0.25, -0.2) is 4.39 Å². The molecule has 1 aromatic carbocycles. The second-order valence-corrected chi connectivity index (χ2v) is 3.49. The van der Waals surface area contributed by atoms with Gasteiger partial charge in [0.05, 0.1) is 0 Å². The van der Waals surface area contributed by atoms with Gasteiger partial charge >= 0.3 is 0 Å². The molecule has 0 radical (unpaired) electrons. The predicted molar refractivity (Wildman–Crippen MR) is 51.2 cm³/mol. The molecule has 3 nitrogen and oxygen atoms in total. The Morgan fingerprint density at radius 2 is 2.29 bits per heavy atom. The van der Waals surface area contributed by atoms with E-state index in [0.717, 1.165) is 0 Å². The average molecular weight is 194 g/mol. The molecule has 2 rings (SSSR count). The van der Waals surface area contributed by atoms with Crippen LogP contribution in [0.25, 0.3) is 0 Å². The van der Waals surface area contributed by atoms with Gasteiger partial charge in [-0.05, 0) is 23.8 Å². The maximum Gasteiger partial charge on any atom is 0.220 e. The number of nitrogen functional groups attached to an aromatic ring is 1. The lowest BCUT2D eigenvalue weighted by molar-refractivity contribution is -0.119. The Balaban J connectivity index is 2.31. The lowest BCUT2D eigenvalue weighted by Crippen LogP contribution is -2.13. The molecule has 1 aliphatic rings. The molecule has 14 heavy (non-hydrogen) atoms. The number of nitrogens with two attached hydrogens (primary N) is 1. The van der Waals surface area contributed by atoms with Gasteiger partial charge < -0.3 is 11.1 Å². The Bertz CT molecular complexity index is 378. The minimum absolute atomic E-state index is 0.0307. The van der Waals surface area contributed by atoms with Crippen molar-refractivity contribution in [3.8, 4) is 0 Å². The van der Waals surface area contributed by atoms with Crippen LogP contribution in [-0.4, -0.2) is 12.5 Å². The van der Waals surface area contributed by atoms with Gasteiger partial charge in [-0.2, -0.15) is 0 Å². The number of nitrogens with one attached hydrogen (secondary N) is 1. The zero-order valence-corrected chi connectivity index (χ0v) is 7.59. The largest absolute Gasteiger partial charge is 0.399 e. The summed E-state index contributed by atoms with van der Waals surface area (Å²) >= 11 is 0. The number of carbonyl (C=O) groups is 1. The molecule has 0 spiro atoms. The Hall–Kier alpha value is -1.58. The molecular weight excluding hydrogens is 183 g/mol. The molecule has 4 heteroatoms. The first-order valence-corrected chi connectivity index (χ1v) is 4.48. The number of benzene rings is 1. The highest BCUT2D eigenvalue weighted by atomic mass is 19.1. The van der Waals surface area contributed by atoms with Gasteiger partial charge in [0.15, 0.2) is 0 Å². The molecule has 1 amide bonds. The van der Waals surface area contributed by atoms with E-state index < -0.39 is 0 Å². The number of hydrogen-bond acceptors (Lipinski definition) is 2. The first-order chi connectivity index (χ1) is 6.66. The molecule has 1 unspecified atom stereocenters. The van der Waals surface area contributed by atoms with Crippen LogP contribution in [-0.2, 0) is 4.79 Å². The van der Waals surface area contributed by atoms with Crippen LogP contribution in [0.15, 0.2) is 18.2 Å². The maximum absolute atomic E-state index is 13.4. The summed E-state index contributed by atoms with van der Waals surface area (Å²) in [6, 6.07) is 4.46. The summed E-state index contributed by atoms with van der Waals surface area (Å²) in [6.45, 7) is 0.499. The summed E-state index contributed by atoms with van der Waals surface area (Å²) in [5.41, 5.74) is 6.62. The quantitative estimate of drug-likeness (QED) is 0.655. The van der Waals surface area contributed by atoms with Crippen LogP contribution in [0.3, 0.4) is 0 Å². The average Bonchev–Trinajstić information content (AvgIpc) is 2.56. The third-order valence-electron chi connectivity index (χ3n) is 2.44. The molecule has 1 atom stereocenters. The fourth-order valence-electron chi connectivity index (χ4n) is 1.70. The van der Waals surface area contributed by atoms with Crippen molar-refractivity contribution < 1.29 is 9.18 Å². The second-order valence-electron chi connectivity index (χ2n) is 3.49. The van der Waals surface area contributed by atoms with E-state index in [1.807, 2.05) is 0 Å².